The van der Waals surface area contributed by atoms with Crippen LogP contribution in [0.25, 0.3) is 0 Å². The first-order valence-electron chi connectivity index (χ1n) is 9.27. The second-order valence-corrected chi connectivity index (χ2v) is 7.07. The second kappa shape index (κ2) is 7.36. The van der Waals surface area contributed by atoms with E-state index in [4.69, 9.17) is 9.47 Å². The van der Waals surface area contributed by atoms with Gasteiger partial charge >= 0.3 is 0 Å². The number of methoxy groups -OCH3 is 1. The Balaban J connectivity index is 1.41. The number of carbonyl (C=O) groups is 1. The van der Waals surface area contributed by atoms with Crippen LogP contribution in [-0.2, 0) is 12.8 Å². The number of fused-ring (bicyclic) bond motifs is 1. The molecule has 1 atom stereocenters. The number of ether oxygens (including phenoxy) is 2. The van der Waals surface area contributed by atoms with E-state index in [1.54, 1.807) is 13.3 Å². The summed E-state index contributed by atoms with van der Waals surface area (Å²) in [6, 6.07) is 9.90. The van der Waals surface area contributed by atoms with E-state index < -0.39 is 0 Å². The minimum atomic E-state index is 0.101. The van der Waals surface area contributed by atoms with Crippen LogP contribution in [0.1, 0.15) is 34.5 Å². The Morgan fingerprint density at radius 3 is 2.85 bits per heavy atom. The van der Waals surface area contributed by atoms with Crippen molar-refractivity contribution < 1.29 is 14.3 Å². The second-order valence-electron chi connectivity index (χ2n) is 7.07. The number of carbonyl (C=O) groups excluding carboxylic acids is 1. The number of benzene rings is 1. The fraction of sp³-hybridized carbons (Fsp3) is 0.429. The molecule has 4 rings (SSSR count). The topological polar surface area (TPSA) is 51.7 Å². The summed E-state index contributed by atoms with van der Waals surface area (Å²) >= 11 is 0. The molecule has 1 saturated heterocycles. The standard InChI is InChI=1S/C21H24N2O3/c1-25-19-6-4-5-16-11-15(14-26-20(16)19)12-18-8-7-17(13-22-18)21(24)23-9-2-3-10-23/h4-8,13,15H,2-3,9-12,14H2,1H3/t15-/m0/s1. The predicted octanol–water partition coefficient (Wildman–Crippen LogP) is 3.12. The molecule has 2 aromatic rings. The molecule has 2 aliphatic rings. The molecule has 1 amide bonds. The molecule has 5 heteroatoms. The van der Waals surface area contributed by atoms with Gasteiger partial charge in [-0.2, -0.15) is 0 Å². The zero-order valence-electron chi connectivity index (χ0n) is 15.1. The van der Waals surface area contributed by atoms with Gasteiger partial charge in [0.2, 0.25) is 0 Å². The van der Waals surface area contributed by atoms with E-state index >= 15 is 0 Å². The molecule has 2 aliphatic heterocycles. The van der Waals surface area contributed by atoms with E-state index in [1.165, 1.54) is 5.56 Å². The van der Waals surface area contributed by atoms with Crippen molar-refractivity contribution in [1.29, 1.82) is 0 Å². The minimum Gasteiger partial charge on any atom is -0.493 e. The predicted molar refractivity (Wildman–Crippen MR) is 98.8 cm³/mol. The quantitative estimate of drug-likeness (QED) is 0.848. The zero-order valence-corrected chi connectivity index (χ0v) is 15.1. The highest BCUT2D eigenvalue weighted by Crippen LogP contribution is 2.36. The first-order chi connectivity index (χ1) is 12.7. The fourth-order valence-corrected chi connectivity index (χ4v) is 3.82. The van der Waals surface area contributed by atoms with Gasteiger partial charge in [-0.15, -0.1) is 0 Å². The van der Waals surface area contributed by atoms with Crippen LogP contribution in [0.4, 0.5) is 0 Å². The molecule has 136 valence electrons. The molecule has 5 nitrogen and oxygen atoms in total. The number of hydrogen-bond acceptors (Lipinski definition) is 4. The molecule has 0 bridgehead atoms. The third kappa shape index (κ3) is 3.39. The van der Waals surface area contributed by atoms with Crippen molar-refractivity contribution in [2.45, 2.75) is 25.7 Å². The lowest BCUT2D eigenvalue weighted by Gasteiger charge is -2.26. The monoisotopic (exact) mass is 352 g/mol. The number of aromatic nitrogens is 1. The molecule has 0 N–H and O–H groups in total. The highest BCUT2D eigenvalue weighted by Gasteiger charge is 2.24. The Bertz CT molecular complexity index is 782. The van der Waals surface area contributed by atoms with Crippen LogP contribution >= 0.6 is 0 Å². The minimum absolute atomic E-state index is 0.101. The Morgan fingerprint density at radius 1 is 1.27 bits per heavy atom. The summed E-state index contributed by atoms with van der Waals surface area (Å²) < 4.78 is 11.3. The Labute approximate surface area is 153 Å². The molecule has 1 fully saturated rings. The molecule has 0 spiro atoms. The van der Waals surface area contributed by atoms with Crippen LogP contribution in [0.5, 0.6) is 11.5 Å². The summed E-state index contributed by atoms with van der Waals surface area (Å²) in [4.78, 5) is 18.8. The number of hydrogen-bond donors (Lipinski definition) is 0. The number of amides is 1. The van der Waals surface area contributed by atoms with Crippen LogP contribution in [0, 0.1) is 5.92 Å². The largest absolute Gasteiger partial charge is 0.493 e. The van der Waals surface area contributed by atoms with Crippen molar-refractivity contribution >= 4 is 5.91 Å². The van der Waals surface area contributed by atoms with Crippen LogP contribution in [-0.4, -0.2) is 42.6 Å². The van der Waals surface area contributed by atoms with Gasteiger partial charge in [0.05, 0.1) is 19.3 Å². The number of rotatable bonds is 4. The van der Waals surface area contributed by atoms with Gasteiger partial charge in [-0.3, -0.25) is 9.78 Å². The molecule has 26 heavy (non-hydrogen) atoms. The molecular weight excluding hydrogens is 328 g/mol. The normalized spacial score (nSPS) is 19.0. The summed E-state index contributed by atoms with van der Waals surface area (Å²) in [7, 11) is 1.67. The van der Waals surface area contributed by atoms with Gasteiger partial charge in [0.15, 0.2) is 11.5 Å². The smallest absolute Gasteiger partial charge is 0.255 e. The van der Waals surface area contributed by atoms with Gasteiger partial charge < -0.3 is 14.4 Å². The molecular formula is C21H24N2O3. The van der Waals surface area contributed by atoms with Gasteiger partial charge in [-0.25, -0.2) is 0 Å². The number of nitrogens with zero attached hydrogens (tertiary/aromatic N) is 2. The first-order valence-corrected chi connectivity index (χ1v) is 9.27. The Morgan fingerprint density at radius 2 is 2.12 bits per heavy atom. The lowest BCUT2D eigenvalue weighted by atomic mass is 9.92. The van der Waals surface area contributed by atoms with Crippen LogP contribution in [0.2, 0.25) is 0 Å². The first kappa shape index (κ1) is 16.9. The van der Waals surface area contributed by atoms with E-state index in [2.05, 4.69) is 11.1 Å². The van der Waals surface area contributed by atoms with Crippen molar-refractivity contribution in [2.75, 3.05) is 26.8 Å². The van der Waals surface area contributed by atoms with E-state index in [0.29, 0.717) is 18.1 Å². The number of para-hydroxylation sites is 1. The number of likely N-dealkylation sites (tertiary alicyclic amines) is 1. The van der Waals surface area contributed by atoms with Crippen LogP contribution in [0.15, 0.2) is 36.5 Å². The summed E-state index contributed by atoms with van der Waals surface area (Å²) in [5.74, 6) is 2.14. The van der Waals surface area contributed by atoms with Crippen molar-refractivity contribution in [3.05, 3.63) is 53.3 Å². The van der Waals surface area contributed by atoms with Gasteiger partial charge in [0, 0.05) is 30.9 Å². The molecule has 0 aliphatic carbocycles. The van der Waals surface area contributed by atoms with Crippen LogP contribution < -0.4 is 9.47 Å². The summed E-state index contributed by atoms with van der Waals surface area (Å²) in [5, 5.41) is 0. The molecule has 1 aromatic heterocycles. The van der Waals surface area contributed by atoms with E-state index in [1.807, 2.05) is 29.2 Å². The fourth-order valence-electron chi connectivity index (χ4n) is 3.82. The van der Waals surface area contributed by atoms with Gasteiger partial charge in [-0.05, 0) is 49.4 Å². The van der Waals surface area contributed by atoms with Gasteiger partial charge in [0.1, 0.15) is 0 Å². The van der Waals surface area contributed by atoms with Gasteiger partial charge in [-0.1, -0.05) is 12.1 Å². The summed E-state index contributed by atoms with van der Waals surface area (Å²) in [6.07, 6.45) is 5.71. The number of pyridine rings is 1. The van der Waals surface area contributed by atoms with E-state index in [-0.39, 0.29) is 5.91 Å². The van der Waals surface area contributed by atoms with Gasteiger partial charge in [0.25, 0.3) is 5.91 Å². The average Bonchev–Trinajstić information content (AvgIpc) is 3.22. The molecule has 1 aromatic carbocycles. The van der Waals surface area contributed by atoms with Crippen molar-refractivity contribution in [3.63, 3.8) is 0 Å². The third-order valence-electron chi connectivity index (χ3n) is 5.22. The maximum atomic E-state index is 12.4. The summed E-state index contributed by atoms with van der Waals surface area (Å²) in [6.45, 7) is 2.38. The molecule has 3 heterocycles. The Hall–Kier alpha value is -2.56. The highest BCUT2D eigenvalue weighted by atomic mass is 16.5. The average molecular weight is 352 g/mol. The molecule has 0 saturated carbocycles. The molecule has 0 unspecified atom stereocenters. The van der Waals surface area contributed by atoms with Crippen LogP contribution in [0.3, 0.4) is 0 Å². The van der Waals surface area contributed by atoms with E-state index in [9.17, 15) is 4.79 Å². The van der Waals surface area contributed by atoms with E-state index in [0.717, 1.165) is 56.0 Å². The maximum Gasteiger partial charge on any atom is 0.255 e. The maximum absolute atomic E-state index is 12.4. The molecule has 0 radical (unpaired) electrons. The van der Waals surface area contributed by atoms with Crippen molar-refractivity contribution in [3.8, 4) is 11.5 Å². The highest BCUT2D eigenvalue weighted by molar-refractivity contribution is 5.94. The SMILES string of the molecule is COc1cccc2c1OC[C@H](Cc1ccc(C(=O)N3CCCC3)cn1)C2. The lowest BCUT2D eigenvalue weighted by molar-refractivity contribution is 0.0792. The Kier molecular flexibility index (Phi) is 4.78. The zero-order chi connectivity index (χ0) is 17.9. The third-order valence-corrected chi connectivity index (χ3v) is 5.22. The summed E-state index contributed by atoms with van der Waals surface area (Å²) in [5.41, 5.74) is 2.87. The van der Waals surface area contributed by atoms with Crippen molar-refractivity contribution in [2.24, 2.45) is 5.92 Å². The lowest BCUT2D eigenvalue weighted by Crippen LogP contribution is -2.27. The van der Waals surface area contributed by atoms with Crippen molar-refractivity contribution in [1.82, 2.24) is 9.88 Å².